The fraction of sp³-hybridized carbons (Fsp3) is 0.263. The smallest absolute Gasteiger partial charge is 0.251 e. The van der Waals surface area contributed by atoms with Gasteiger partial charge in [-0.05, 0) is 43.3 Å². The Morgan fingerprint density at radius 1 is 1.04 bits per heavy atom. The van der Waals surface area contributed by atoms with Crippen LogP contribution in [0.15, 0.2) is 54.6 Å². The minimum absolute atomic E-state index is 0.0758. The van der Waals surface area contributed by atoms with Crippen LogP contribution < -0.4 is 15.0 Å². The molecule has 0 bridgehead atoms. The molecule has 2 rings (SSSR count). The van der Waals surface area contributed by atoms with Crippen molar-refractivity contribution in [3.05, 3.63) is 60.2 Å². The summed E-state index contributed by atoms with van der Waals surface area (Å²) in [5.74, 6) is 0.543. The minimum atomic E-state index is -0.147. The number of ether oxygens (including phenoxy) is 1. The summed E-state index contributed by atoms with van der Waals surface area (Å²) in [6, 6.07) is 16.3. The van der Waals surface area contributed by atoms with E-state index in [1.165, 1.54) is 6.92 Å². The Morgan fingerprint density at radius 2 is 1.71 bits per heavy atom. The molecule has 0 aromatic heterocycles. The highest BCUT2D eigenvalue weighted by Crippen LogP contribution is 2.19. The average Bonchev–Trinajstić information content (AvgIpc) is 2.60. The summed E-state index contributed by atoms with van der Waals surface area (Å²) in [4.78, 5) is 25.5. The summed E-state index contributed by atoms with van der Waals surface area (Å²) in [5.41, 5.74) is 1.38. The SMILES string of the molecule is CCOc1ccc(N(CCNC(=O)c2ccccc2)C(C)=O)cc1. The van der Waals surface area contributed by atoms with Gasteiger partial charge in [0.15, 0.2) is 0 Å². The molecule has 0 saturated heterocycles. The van der Waals surface area contributed by atoms with Crippen molar-refractivity contribution in [2.45, 2.75) is 13.8 Å². The van der Waals surface area contributed by atoms with Crippen molar-refractivity contribution < 1.29 is 14.3 Å². The van der Waals surface area contributed by atoms with Crippen LogP contribution in [0.3, 0.4) is 0 Å². The third kappa shape index (κ3) is 4.84. The van der Waals surface area contributed by atoms with Crippen LogP contribution in [-0.2, 0) is 4.79 Å². The molecule has 0 radical (unpaired) electrons. The van der Waals surface area contributed by atoms with Gasteiger partial charge >= 0.3 is 0 Å². The number of benzene rings is 2. The van der Waals surface area contributed by atoms with Gasteiger partial charge in [0.25, 0.3) is 5.91 Å². The lowest BCUT2D eigenvalue weighted by Gasteiger charge is -2.21. The highest BCUT2D eigenvalue weighted by molar-refractivity contribution is 5.94. The lowest BCUT2D eigenvalue weighted by atomic mass is 10.2. The van der Waals surface area contributed by atoms with Gasteiger partial charge in [-0.25, -0.2) is 0 Å². The quantitative estimate of drug-likeness (QED) is 0.851. The Hall–Kier alpha value is -2.82. The van der Waals surface area contributed by atoms with Crippen LogP contribution in [0, 0.1) is 0 Å². The van der Waals surface area contributed by atoms with Crippen LogP contribution in [0.2, 0.25) is 0 Å². The van der Waals surface area contributed by atoms with Gasteiger partial charge in [-0.2, -0.15) is 0 Å². The van der Waals surface area contributed by atoms with Crippen molar-refractivity contribution in [1.82, 2.24) is 5.32 Å². The number of nitrogens with one attached hydrogen (secondary N) is 1. The van der Waals surface area contributed by atoms with Gasteiger partial charge in [0, 0.05) is 31.3 Å². The molecular weight excluding hydrogens is 304 g/mol. The Bertz CT molecular complexity index is 669. The van der Waals surface area contributed by atoms with Gasteiger partial charge in [0.05, 0.1) is 6.61 Å². The number of hydrogen-bond donors (Lipinski definition) is 1. The predicted octanol–water partition coefficient (Wildman–Crippen LogP) is 2.87. The van der Waals surface area contributed by atoms with Crippen LogP contribution in [0.1, 0.15) is 24.2 Å². The Kier molecular flexibility index (Phi) is 6.37. The maximum Gasteiger partial charge on any atom is 0.251 e. The molecule has 2 amide bonds. The van der Waals surface area contributed by atoms with Gasteiger partial charge in [0.1, 0.15) is 5.75 Å². The van der Waals surface area contributed by atoms with Gasteiger partial charge in [0.2, 0.25) is 5.91 Å². The van der Waals surface area contributed by atoms with Crippen molar-refractivity contribution in [1.29, 1.82) is 0 Å². The van der Waals surface area contributed by atoms with Crippen LogP contribution in [0.25, 0.3) is 0 Å². The van der Waals surface area contributed by atoms with Gasteiger partial charge in [-0.3, -0.25) is 9.59 Å². The van der Waals surface area contributed by atoms with E-state index in [0.717, 1.165) is 11.4 Å². The molecule has 2 aromatic rings. The van der Waals surface area contributed by atoms with E-state index in [1.807, 2.05) is 49.4 Å². The summed E-state index contributed by atoms with van der Waals surface area (Å²) >= 11 is 0. The number of anilines is 1. The van der Waals surface area contributed by atoms with E-state index in [2.05, 4.69) is 5.32 Å². The molecule has 0 aliphatic heterocycles. The maximum atomic E-state index is 12.0. The number of nitrogens with zero attached hydrogens (tertiary/aromatic N) is 1. The number of hydrogen-bond acceptors (Lipinski definition) is 3. The van der Waals surface area contributed by atoms with Crippen molar-refractivity contribution in [2.24, 2.45) is 0 Å². The van der Waals surface area contributed by atoms with Crippen LogP contribution in [0.5, 0.6) is 5.75 Å². The number of amides is 2. The molecule has 24 heavy (non-hydrogen) atoms. The molecule has 0 aliphatic carbocycles. The van der Waals surface area contributed by atoms with Crippen molar-refractivity contribution >= 4 is 17.5 Å². The zero-order chi connectivity index (χ0) is 17.4. The van der Waals surface area contributed by atoms with Crippen molar-refractivity contribution in [2.75, 3.05) is 24.6 Å². The van der Waals surface area contributed by atoms with Crippen molar-refractivity contribution in [3.8, 4) is 5.75 Å². The van der Waals surface area contributed by atoms with E-state index in [9.17, 15) is 9.59 Å². The lowest BCUT2D eigenvalue weighted by Crippen LogP contribution is -2.37. The fourth-order valence-electron chi connectivity index (χ4n) is 2.33. The van der Waals surface area contributed by atoms with Crippen LogP contribution >= 0.6 is 0 Å². The highest BCUT2D eigenvalue weighted by Gasteiger charge is 2.12. The second-order valence-corrected chi connectivity index (χ2v) is 5.22. The molecule has 0 heterocycles. The summed E-state index contributed by atoms with van der Waals surface area (Å²) in [7, 11) is 0. The normalized spacial score (nSPS) is 10.1. The van der Waals surface area contributed by atoms with E-state index >= 15 is 0 Å². The van der Waals surface area contributed by atoms with E-state index in [4.69, 9.17) is 4.74 Å². The average molecular weight is 326 g/mol. The highest BCUT2D eigenvalue weighted by atomic mass is 16.5. The zero-order valence-electron chi connectivity index (χ0n) is 14.0. The largest absolute Gasteiger partial charge is 0.494 e. The van der Waals surface area contributed by atoms with E-state index in [-0.39, 0.29) is 11.8 Å². The molecule has 0 saturated carbocycles. The topological polar surface area (TPSA) is 58.6 Å². The summed E-state index contributed by atoms with van der Waals surface area (Å²) < 4.78 is 5.40. The molecule has 0 atom stereocenters. The zero-order valence-corrected chi connectivity index (χ0v) is 14.0. The first-order chi connectivity index (χ1) is 11.6. The Morgan fingerprint density at radius 3 is 2.29 bits per heavy atom. The number of carbonyl (C=O) groups excluding carboxylic acids is 2. The van der Waals surface area contributed by atoms with Gasteiger partial charge < -0.3 is 15.0 Å². The summed E-state index contributed by atoms with van der Waals surface area (Å²) in [6.07, 6.45) is 0. The predicted molar refractivity (Wildman–Crippen MR) is 94.4 cm³/mol. The second kappa shape index (κ2) is 8.72. The second-order valence-electron chi connectivity index (χ2n) is 5.22. The maximum absolute atomic E-state index is 12.0. The van der Waals surface area contributed by atoms with E-state index < -0.39 is 0 Å². The molecule has 5 nitrogen and oxygen atoms in total. The first-order valence-electron chi connectivity index (χ1n) is 7.96. The summed E-state index contributed by atoms with van der Waals surface area (Å²) in [6.45, 7) is 4.81. The minimum Gasteiger partial charge on any atom is -0.494 e. The van der Waals surface area contributed by atoms with E-state index in [0.29, 0.717) is 25.3 Å². The summed E-state index contributed by atoms with van der Waals surface area (Å²) in [5, 5.41) is 2.83. The van der Waals surface area contributed by atoms with Gasteiger partial charge in [-0.1, -0.05) is 18.2 Å². The van der Waals surface area contributed by atoms with Crippen LogP contribution in [0.4, 0.5) is 5.69 Å². The standard InChI is InChI=1S/C19H22N2O3/c1-3-24-18-11-9-17(10-12-18)21(15(2)22)14-13-20-19(23)16-7-5-4-6-8-16/h4-12H,3,13-14H2,1-2H3,(H,20,23). The lowest BCUT2D eigenvalue weighted by molar-refractivity contribution is -0.116. The molecule has 2 aromatic carbocycles. The number of carbonyl (C=O) groups is 2. The molecular formula is C19H22N2O3. The third-order valence-corrected chi connectivity index (χ3v) is 3.50. The molecule has 5 heteroatoms. The molecule has 0 aliphatic rings. The third-order valence-electron chi connectivity index (χ3n) is 3.50. The van der Waals surface area contributed by atoms with Crippen molar-refractivity contribution in [3.63, 3.8) is 0 Å². The molecule has 0 fully saturated rings. The monoisotopic (exact) mass is 326 g/mol. The Labute approximate surface area is 142 Å². The number of rotatable bonds is 7. The molecule has 0 spiro atoms. The van der Waals surface area contributed by atoms with Gasteiger partial charge in [-0.15, -0.1) is 0 Å². The van der Waals surface area contributed by atoms with Crippen LogP contribution in [-0.4, -0.2) is 31.5 Å². The molecule has 126 valence electrons. The fourth-order valence-corrected chi connectivity index (χ4v) is 2.33. The first-order valence-corrected chi connectivity index (χ1v) is 7.96. The molecule has 1 N–H and O–H groups in total. The molecule has 0 unspecified atom stereocenters. The van der Waals surface area contributed by atoms with E-state index in [1.54, 1.807) is 17.0 Å². The Balaban J connectivity index is 1.94. The first kappa shape index (κ1) is 17.5.